The van der Waals surface area contributed by atoms with E-state index in [2.05, 4.69) is 4.99 Å². The molecule has 4 N–H and O–H groups in total. The van der Waals surface area contributed by atoms with Crippen molar-refractivity contribution < 1.29 is 24.9 Å². The quantitative estimate of drug-likeness (QED) is 0.503. The van der Waals surface area contributed by atoms with Crippen LogP contribution in [0.2, 0.25) is 0 Å². The number of aromatic hydroxyl groups is 1. The van der Waals surface area contributed by atoms with E-state index in [1.807, 2.05) is 4.98 Å². The Kier molecular flexibility index (Phi) is 5.68. The molecular formula is C16H15N3O7. The monoisotopic (exact) mass is 361 g/mol. The van der Waals surface area contributed by atoms with Crippen LogP contribution in [0.15, 0.2) is 44.9 Å². The van der Waals surface area contributed by atoms with Gasteiger partial charge in [-0.05, 0) is 18.6 Å². The van der Waals surface area contributed by atoms with E-state index < -0.39 is 47.1 Å². The Morgan fingerprint density at radius 3 is 2.42 bits per heavy atom. The first-order valence-corrected chi connectivity index (χ1v) is 7.42. The molecule has 1 aromatic carbocycles. The summed E-state index contributed by atoms with van der Waals surface area (Å²) < 4.78 is 0.829. The number of nitrogens with one attached hydrogen (secondary N) is 1. The first-order chi connectivity index (χ1) is 12.3. The van der Waals surface area contributed by atoms with Crippen molar-refractivity contribution in [2.24, 2.45) is 4.99 Å². The fraction of sp³-hybridized carbons (Fsp3) is 0.188. The van der Waals surface area contributed by atoms with Gasteiger partial charge in [-0.3, -0.25) is 19.6 Å². The lowest BCUT2D eigenvalue weighted by Crippen LogP contribution is -2.31. The van der Waals surface area contributed by atoms with Crippen LogP contribution in [0, 0.1) is 0 Å². The van der Waals surface area contributed by atoms with Crippen LogP contribution in [0.5, 0.6) is 5.88 Å². The van der Waals surface area contributed by atoms with Gasteiger partial charge < -0.3 is 15.3 Å². The Morgan fingerprint density at radius 1 is 1.19 bits per heavy atom. The van der Waals surface area contributed by atoms with Crippen LogP contribution in [-0.4, -0.2) is 49.1 Å². The minimum Gasteiger partial charge on any atom is -0.493 e. The second-order valence-electron chi connectivity index (χ2n) is 5.23. The van der Waals surface area contributed by atoms with Crippen molar-refractivity contribution in [3.8, 4) is 11.6 Å². The number of aromatic amines is 1. The number of hydrogen-bond acceptors (Lipinski definition) is 6. The molecule has 0 aliphatic rings. The third kappa shape index (κ3) is 4.23. The number of aromatic nitrogens is 2. The summed E-state index contributed by atoms with van der Waals surface area (Å²) >= 11 is 0. The molecule has 0 unspecified atom stereocenters. The summed E-state index contributed by atoms with van der Waals surface area (Å²) in [6, 6.07) is 6.56. The largest absolute Gasteiger partial charge is 0.493 e. The molecule has 1 atom stereocenters. The molecule has 1 heterocycles. The average molecular weight is 361 g/mol. The van der Waals surface area contributed by atoms with Gasteiger partial charge in [-0.25, -0.2) is 14.2 Å². The molecular weight excluding hydrogens is 346 g/mol. The number of benzene rings is 1. The molecule has 2 aromatic rings. The van der Waals surface area contributed by atoms with Crippen LogP contribution in [0.1, 0.15) is 18.4 Å². The molecule has 0 saturated carbocycles. The molecule has 0 aliphatic carbocycles. The van der Waals surface area contributed by atoms with Gasteiger partial charge in [0.1, 0.15) is 11.6 Å². The van der Waals surface area contributed by atoms with Crippen molar-refractivity contribution in [1.82, 2.24) is 9.55 Å². The van der Waals surface area contributed by atoms with Gasteiger partial charge in [0.25, 0.3) is 5.56 Å². The molecule has 0 spiro atoms. The van der Waals surface area contributed by atoms with Gasteiger partial charge in [-0.15, -0.1) is 0 Å². The average Bonchev–Trinajstić information content (AvgIpc) is 2.57. The second-order valence-corrected chi connectivity index (χ2v) is 5.23. The molecule has 136 valence electrons. The normalized spacial score (nSPS) is 12.2. The summed E-state index contributed by atoms with van der Waals surface area (Å²) in [5.41, 5.74) is -1.97. The molecule has 0 amide bonds. The Morgan fingerprint density at radius 2 is 1.85 bits per heavy atom. The highest BCUT2D eigenvalue weighted by Gasteiger charge is 2.19. The van der Waals surface area contributed by atoms with Crippen LogP contribution >= 0.6 is 0 Å². The van der Waals surface area contributed by atoms with E-state index in [4.69, 9.17) is 10.2 Å². The lowest BCUT2D eigenvalue weighted by atomic mass is 10.1. The molecule has 10 heteroatoms. The number of aliphatic imine (C=N–C) groups is 1. The smallest absolute Gasteiger partial charge is 0.335 e. The lowest BCUT2D eigenvalue weighted by molar-refractivity contribution is -0.139. The number of aliphatic carboxylic acids is 2. The van der Waals surface area contributed by atoms with Crippen LogP contribution < -0.4 is 11.2 Å². The molecule has 0 aliphatic heterocycles. The number of carbonyl (C=O) groups is 2. The third-order valence-corrected chi connectivity index (χ3v) is 3.44. The Hall–Kier alpha value is -3.69. The summed E-state index contributed by atoms with van der Waals surface area (Å²) in [7, 11) is 0. The SMILES string of the molecule is O=C(O)CC[C@@H](N=Cc1c(O)n(-c2ccccc2)c(=O)[nH]c1=O)C(=O)O. The number of nitrogens with zero attached hydrogens (tertiary/aromatic N) is 2. The number of H-pyrrole nitrogens is 1. The number of rotatable bonds is 7. The van der Waals surface area contributed by atoms with Crippen molar-refractivity contribution in [3.05, 3.63) is 56.7 Å². The highest BCUT2D eigenvalue weighted by atomic mass is 16.4. The zero-order valence-corrected chi connectivity index (χ0v) is 13.3. The summed E-state index contributed by atoms with van der Waals surface area (Å²) in [5.74, 6) is -3.28. The predicted octanol–water partition coefficient (Wildman–Crippen LogP) is -0.0317. The first-order valence-electron chi connectivity index (χ1n) is 7.42. The van der Waals surface area contributed by atoms with Crippen LogP contribution in [0.3, 0.4) is 0 Å². The van der Waals surface area contributed by atoms with Gasteiger partial charge in [0.15, 0.2) is 0 Å². The minimum atomic E-state index is -1.41. The van der Waals surface area contributed by atoms with Crippen molar-refractivity contribution in [1.29, 1.82) is 0 Å². The predicted molar refractivity (Wildman–Crippen MR) is 90.2 cm³/mol. The topological polar surface area (TPSA) is 162 Å². The van der Waals surface area contributed by atoms with Crippen LogP contribution in [0.25, 0.3) is 5.69 Å². The van der Waals surface area contributed by atoms with Gasteiger partial charge in [0, 0.05) is 12.6 Å². The highest BCUT2D eigenvalue weighted by Crippen LogP contribution is 2.15. The maximum absolute atomic E-state index is 12.0. The molecule has 26 heavy (non-hydrogen) atoms. The van der Waals surface area contributed by atoms with E-state index >= 15 is 0 Å². The van der Waals surface area contributed by atoms with Gasteiger partial charge in [0.05, 0.1) is 5.69 Å². The van der Waals surface area contributed by atoms with Crippen molar-refractivity contribution >= 4 is 18.2 Å². The van der Waals surface area contributed by atoms with Crippen molar-refractivity contribution in [2.45, 2.75) is 18.9 Å². The standard InChI is InChI=1S/C16H15N3O7/c20-12(21)7-6-11(15(24)25)17-8-10-13(22)18-16(26)19(14(10)23)9-4-2-1-3-5-9/h1-5,8,11,23H,6-7H2,(H,20,21)(H,24,25)(H,18,22,26)/t11-/m1/s1. The summed E-state index contributed by atoms with van der Waals surface area (Å²) in [4.78, 5) is 51.3. The van der Waals surface area contributed by atoms with E-state index in [0.717, 1.165) is 10.8 Å². The maximum atomic E-state index is 12.0. The number of carboxylic acid groups (broad SMARTS) is 2. The molecule has 0 saturated heterocycles. The first kappa shape index (κ1) is 18.6. The van der Waals surface area contributed by atoms with Crippen molar-refractivity contribution in [2.75, 3.05) is 0 Å². The van der Waals surface area contributed by atoms with Gasteiger partial charge >= 0.3 is 17.6 Å². The fourth-order valence-electron chi connectivity index (χ4n) is 2.16. The lowest BCUT2D eigenvalue weighted by Gasteiger charge is -2.10. The zero-order valence-electron chi connectivity index (χ0n) is 13.3. The fourth-order valence-corrected chi connectivity index (χ4v) is 2.16. The van der Waals surface area contributed by atoms with Gasteiger partial charge in [-0.1, -0.05) is 18.2 Å². The molecule has 1 aromatic heterocycles. The van der Waals surface area contributed by atoms with Crippen LogP contribution in [-0.2, 0) is 9.59 Å². The molecule has 0 bridgehead atoms. The third-order valence-electron chi connectivity index (χ3n) is 3.44. The Labute approximate surface area is 145 Å². The van der Waals surface area contributed by atoms with E-state index in [1.165, 1.54) is 12.1 Å². The highest BCUT2D eigenvalue weighted by molar-refractivity contribution is 5.85. The number of hydrogen-bond donors (Lipinski definition) is 4. The molecule has 0 fully saturated rings. The Balaban J connectivity index is 2.46. The van der Waals surface area contributed by atoms with Crippen molar-refractivity contribution in [3.63, 3.8) is 0 Å². The van der Waals surface area contributed by atoms with Gasteiger partial charge in [-0.2, -0.15) is 0 Å². The summed E-state index contributed by atoms with van der Waals surface area (Å²) in [5, 5.41) is 28.0. The number of carboxylic acids is 2. The zero-order chi connectivity index (χ0) is 19.3. The van der Waals surface area contributed by atoms with Gasteiger partial charge in [0.2, 0.25) is 5.88 Å². The summed E-state index contributed by atoms with van der Waals surface area (Å²) in [6.07, 6.45) is 0.0893. The van der Waals surface area contributed by atoms with E-state index in [0.29, 0.717) is 0 Å². The van der Waals surface area contributed by atoms with E-state index in [-0.39, 0.29) is 12.1 Å². The molecule has 10 nitrogen and oxygen atoms in total. The summed E-state index contributed by atoms with van der Waals surface area (Å²) in [6.45, 7) is 0. The van der Waals surface area contributed by atoms with E-state index in [1.54, 1.807) is 18.2 Å². The van der Waals surface area contributed by atoms with E-state index in [9.17, 15) is 24.3 Å². The molecule has 0 radical (unpaired) electrons. The maximum Gasteiger partial charge on any atom is 0.335 e. The molecule has 2 rings (SSSR count). The second kappa shape index (κ2) is 7.92. The minimum absolute atomic E-state index is 0.279. The Bertz CT molecular complexity index is 960. The van der Waals surface area contributed by atoms with Crippen LogP contribution in [0.4, 0.5) is 0 Å². The number of para-hydroxylation sites is 1.